The number of nitrogens with two attached hydrogens (primary N) is 1. The third kappa shape index (κ3) is 6.95. The predicted molar refractivity (Wildman–Crippen MR) is 156 cm³/mol. The molecule has 1 aromatic carbocycles. The van der Waals surface area contributed by atoms with Crippen LogP contribution in [0.15, 0.2) is 42.0 Å². The SMILES string of the molecule is CCC(C)C(C=C(C)C)C(CC(=O)N1CCCC1C(OC)C(C)C(=O)NC1(C(N)=O)CC1c1ccccc1)OC. The lowest BCUT2D eigenvalue weighted by atomic mass is 9.84. The van der Waals surface area contributed by atoms with E-state index in [9.17, 15) is 14.4 Å². The maximum Gasteiger partial charge on any atom is 0.243 e. The molecule has 2 aliphatic rings. The van der Waals surface area contributed by atoms with Crippen LogP contribution in [0.1, 0.15) is 78.2 Å². The van der Waals surface area contributed by atoms with Crippen molar-refractivity contribution in [2.45, 2.75) is 96.4 Å². The number of primary amides is 1. The number of nitrogens with one attached hydrogen (secondary N) is 1. The summed E-state index contributed by atoms with van der Waals surface area (Å²) >= 11 is 0. The molecule has 0 bridgehead atoms. The van der Waals surface area contributed by atoms with Crippen LogP contribution in [0.5, 0.6) is 0 Å². The van der Waals surface area contributed by atoms with Crippen molar-refractivity contribution in [1.82, 2.24) is 10.2 Å². The van der Waals surface area contributed by atoms with Crippen LogP contribution < -0.4 is 11.1 Å². The number of carbonyl (C=O) groups is 3. The van der Waals surface area contributed by atoms with Gasteiger partial charge in [0, 0.05) is 32.6 Å². The molecule has 8 unspecified atom stereocenters. The van der Waals surface area contributed by atoms with Gasteiger partial charge < -0.3 is 25.4 Å². The summed E-state index contributed by atoms with van der Waals surface area (Å²) in [5.41, 5.74) is 6.87. The van der Waals surface area contributed by atoms with E-state index in [0.29, 0.717) is 18.9 Å². The molecular weight excluding hydrogens is 506 g/mol. The van der Waals surface area contributed by atoms with Gasteiger partial charge in [-0.05, 0) is 44.6 Å². The Morgan fingerprint density at radius 3 is 2.38 bits per heavy atom. The Bertz CT molecular complexity index is 1060. The van der Waals surface area contributed by atoms with Crippen LogP contribution in [0.3, 0.4) is 0 Å². The predicted octanol–water partition coefficient (Wildman–Crippen LogP) is 4.19. The summed E-state index contributed by atoms with van der Waals surface area (Å²) in [6.07, 6.45) is 4.78. The molecule has 222 valence electrons. The third-order valence-corrected chi connectivity index (χ3v) is 9.06. The summed E-state index contributed by atoms with van der Waals surface area (Å²) in [7, 11) is 3.25. The lowest BCUT2D eigenvalue weighted by Crippen LogP contribution is -2.54. The molecule has 8 nitrogen and oxygen atoms in total. The normalized spacial score (nSPS) is 25.8. The van der Waals surface area contributed by atoms with Crippen LogP contribution in [0, 0.1) is 17.8 Å². The van der Waals surface area contributed by atoms with Gasteiger partial charge in [-0.1, -0.05) is 69.2 Å². The highest BCUT2D eigenvalue weighted by atomic mass is 16.5. The van der Waals surface area contributed by atoms with Gasteiger partial charge in [0.2, 0.25) is 17.7 Å². The summed E-state index contributed by atoms with van der Waals surface area (Å²) < 4.78 is 11.8. The second-order valence-electron chi connectivity index (χ2n) is 12.0. The van der Waals surface area contributed by atoms with Gasteiger partial charge in [-0.15, -0.1) is 0 Å². The largest absolute Gasteiger partial charge is 0.380 e. The molecule has 0 spiro atoms. The second-order valence-corrected chi connectivity index (χ2v) is 12.0. The quantitative estimate of drug-likeness (QED) is 0.335. The Morgan fingerprint density at radius 2 is 1.82 bits per heavy atom. The number of ether oxygens (including phenoxy) is 2. The van der Waals surface area contributed by atoms with Crippen LogP contribution in [0.25, 0.3) is 0 Å². The van der Waals surface area contributed by atoms with Gasteiger partial charge in [0.15, 0.2) is 0 Å². The van der Waals surface area contributed by atoms with Crippen LogP contribution in [0.2, 0.25) is 0 Å². The number of carbonyl (C=O) groups excluding carboxylic acids is 3. The van der Waals surface area contributed by atoms with Crippen LogP contribution in [-0.4, -0.2) is 67.2 Å². The number of likely N-dealkylation sites (tertiary alicyclic amines) is 1. The molecule has 0 aromatic heterocycles. The van der Waals surface area contributed by atoms with Gasteiger partial charge in [0.25, 0.3) is 0 Å². The minimum Gasteiger partial charge on any atom is -0.380 e. The number of rotatable bonds is 14. The summed E-state index contributed by atoms with van der Waals surface area (Å²) in [4.78, 5) is 41.5. The first-order valence-corrected chi connectivity index (χ1v) is 14.7. The van der Waals surface area contributed by atoms with E-state index < -0.39 is 23.5 Å². The topological polar surface area (TPSA) is 111 Å². The molecule has 2 fully saturated rings. The van der Waals surface area contributed by atoms with Crippen molar-refractivity contribution in [3.05, 3.63) is 47.5 Å². The summed E-state index contributed by atoms with van der Waals surface area (Å²) in [6.45, 7) is 10.9. The highest BCUT2D eigenvalue weighted by Crippen LogP contribution is 2.51. The highest BCUT2D eigenvalue weighted by molar-refractivity contribution is 5.95. The fourth-order valence-electron chi connectivity index (χ4n) is 6.40. The molecule has 1 aliphatic heterocycles. The molecule has 3 rings (SSSR count). The van der Waals surface area contributed by atoms with E-state index in [1.54, 1.807) is 21.1 Å². The van der Waals surface area contributed by atoms with Crippen molar-refractivity contribution in [3.63, 3.8) is 0 Å². The summed E-state index contributed by atoms with van der Waals surface area (Å²) in [5.74, 6) is -1.05. The molecule has 8 atom stereocenters. The number of benzene rings is 1. The maximum atomic E-state index is 13.7. The molecule has 1 aliphatic carbocycles. The van der Waals surface area contributed by atoms with Gasteiger partial charge in [-0.3, -0.25) is 14.4 Å². The lowest BCUT2D eigenvalue weighted by molar-refractivity contribution is -0.143. The van der Waals surface area contributed by atoms with E-state index in [1.807, 2.05) is 35.2 Å². The van der Waals surface area contributed by atoms with Crippen molar-refractivity contribution in [3.8, 4) is 0 Å². The van der Waals surface area contributed by atoms with E-state index in [-0.39, 0.29) is 42.2 Å². The Kier molecular flexibility index (Phi) is 11.0. The average molecular weight is 556 g/mol. The van der Waals surface area contributed by atoms with Crippen molar-refractivity contribution in [2.24, 2.45) is 23.5 Å². The van der Waals surface area contributed by atoms with Gasteiger partial charge in [-0.2, -0.15) is 0 Å². The first-order chi connectivity index (χ1) is 19.0. The molecule has 1 saturated heterocycles. The Morgan fingerprint density at radius 1 is 1.15 bits per heavy atom. The first kappa shape index (κ1) is 31.8. The van der Waals surface area contributed by atoms with Gasteiger partial charge in [0.1, 0.15) is 5.54 Å². The van der Waals surface area contributed by atoms with E-state index >= 15 is 0 Å². The van der Waals surface area contributed by atoms with Crippen LogP contribution in [0.4, 0.5) is 0 Å². The standard InChI is InChI=1S/C32H49N3O5/c1-8-21(4)24(17-20(2)3)27(39-6)18-28(36)35-16-12-15-26(35)29(40-7)22(5)30(37)34-32(31(33)38)19-25(32)23-13-10-9-11-14-23/h9-11,13-14,17,21-22,24-27,29H,8,12,15-16,18-19H2,1-7H3,(H2,33,38)(H,34,37). The highest BCUT2D eigenvalue weighted by Gasteiger charge is 2.61. The minimum atomic E-state index is -1.10. The molecular formula is C32H49N3O5. The zero-order chi connectivity index (χ0) is 29.6. The average Bonchev–Trinajstić information content (AvgIpc) is 3.47. The van der Waals surface area contributed by atoms with Crippen LogP contribution in [-0.2, 0) is 23.9 Å². The maximum absolute atomic E-state index is 13.7. The number of methoxy groups -OCH3 is 2. The van der Waals surface area contributed by atoms with Crippen molar-refractivity contribution in [1.29, 1.82) is 0 Å². The monoisotopic (exact) mass is 555 g/mol. The van der Waals surface area contributed by atoms with Crippen molar-refractivity contribution < 1.29 is 23.9 Å². The molecule has 8 heteroatoms. The molecule has 3 amide bonds. The smallest absolute Gasteiger partial charge is 0.243 e. The fraction of sp³-hybridized carbons (Fsp3) is 0.656. The zero-order valence-electron chi connectivity index (χ0n) is 25.3. The molecule has 3 N–H and O–H groups in total. The Labute approximate surface area is 240 Å². The molecule has 40 heavy (non-hydrogen) atoms. The van der Waals surface area contributed by atoms with Gasteiger partial charge in [0.05, 0.1) is 30.6 Å². The number of hydrogen-bond acceptors (Lipinski definition) is 5. The van der Waals surface area contributed by atoms with E-state index in [4.69, 9.17) is 15.2 Å². The molecule has 1 heterocycles. The lowest BCUT2D eigenvalue weighted by Gasteiger charge is -2.36. The molecule has 1 saturated carbocycles. The van der Waals surface area contributed by atoms with Crippen LogP contribution >= 0.6 is 0 Å². The number of allylic oxidation sites excluding steroid dienone is 1. The second kappa shape index (κ2) is 13.8. The summed E-state index contributed by atoms with van der Waals surface area (Å²) in [6, 6.07) is 9.39. The van der Waals surface area contributed by atoms with E-state index in [0.717, 1.165) is 24.8 Å². The Hall–Kier alpha value is -2.71. The summed E-state index contributed by atoms with van der Waals surface area (Å²) in [5, 5.41) is 2.97. The molecule has 0 radical (unpaired) electrons. The number of nitrogens with zero attached hydrogens (tertiary/aromatic N) is 1. The third-order valence-electron chi connectivity index (χ3n) is 9.06. The van der Waals surface area contributed by atoms with E-state index in [2.05, 4.69) is 39.1 Å². The van der Waals surface area contributed by atoms with Crippen molar-refractivity contribution in [2.75, 3.05) is 20.8 Å². The van der Waals surface area contributed by atoms with E-state index in [1.165, 1.54) is 5.57 Å². The first-order valence-electron chi connectivity index (χ1n) is 14.7. The minimum absolute atomic E-state index is 0.0133. The van der Waals surface area contributed by atoms with Crippen molar-refractivity contribution >= 4 is 17.7 Å². The fourth-order valence-corrected chi connectivity index (χ4v) is 6.40. The molecule has 1 aromatic rings. The van der Waals surface area contributed by atoms with Gasteiger partial charge >= 0.3 is 0 Å². The Balaban J connectivity index is 1.72. The number of amides is 3. The number of hydrogen-bond donors (Lipinski definition) is 2. The van der Waals surface area contributed by atoms with Gasteiger partial charge in [-0.25, -0.2) is 0 Å². The zero-order valence-corrected chi connectivity index (χ0v) is 25.3.